The third-order valence-corrected chi connectivity index (χ3v) is 4.84. The number of amides is 2. The van der Waals surface area contributed by atoms with Crippen LogP contribution < -0.4 is 24.3 Å². The first-order chi connectivity index (χ1) is 15.6. The molecule has 0 aliphatic carbocycles. The van der Waals surface area contributed by atoms with Crippen LogP contribution in [-0.2, 0) is 16.1 Å². The molecule has 33 heavy (non-hydrogen) atoms. The largest absolute Gasteiger partial charge is 0.497 e. The maximum Gasteiger partial charge on any atom is 0.261 e. The van der Waals surface area contributed by atoms with E-state index in [0.29, 0.717) is 23.0 Å². The molecule has 0 fully saturated rings. The van der Waals surface area contributed by atoms with Gasteiger partial charge in [0.2, 0.25) is 5.91 Å². The average molecular weight is 459 g/mol. The van der Waals surface area contributed by atoms with Crippen molar-refractivity contribution in [3.8, 4) is 23.0 Å². The highest BCUT2D eigenvalue weighted by Gasteiger charge is 2.28. The number of carbonyl (C=O) groups excluding carboxylic acids is 2. The molecule has 2 amide bonds. The number of hydrogen-bond donors (Lipinski definition) is 1. The Balaban J connectivity index is 2.24. The van der Waals surface area contributed by atoms with E-state index < -0.39 is 11.6 Å². The van der Waals surface area contributed by atoms with Gasteiger partial charge in [-0.1, -0.05) is 12.1 Å². The summed E-state index contributed by atoms with van der Waals surface area (Å²) in [5, 5.41) is 2.94. The number of benzene rings is 2. The van der Waals surface area contributed by atoms with Crippen LogP contribution in [0, 0.1) is 0 Å². The summed E-state index contributed by atoms with van der Waals surface area (Å²) in [6.45, 7) is 7.35. The van der Waals surface area contributed by atoms with Gasteiger partial charge in [-0.05, 0) is 45.4 Å². The minimum Gasteiger partial charge on any atom is -0.497 e. The molecule has 2 rings (SSSR count). The third kappa shape index (κ3) is 7.89. The predicted molar refractivity (Wildman–Crippen MR) is 126 cm³/mol. The zero-order chi connectivity index (χ0) is 24.6. The van der Waals surface area contributed by atoms with Crippen LogP contribution in [-0.4, -0.2) is 56.2 Å². The number of methoxy groups -OCH3 is 3. The SMILES string of the molecule is COc1cccc(CN(C(=O)COc2cc(OC)cc(OC)c2)C(C)C(=O)NC(C)(C)C)c1. The van der Waals surface area contributed by atoms with Crippen molar-refractivity contribution in [2.45, 2.75) is 45.8 Å². The number of carbonyl (C=O) groups is 2. The van der Waals surface area contributed by atoms with Crippen molar-refractivity contribution in [1.82, 2.24) is 10.2 Å². The predicted octanol–water partition coefficient (Wildman–Crippen LogP) is 3.42. The van der Waals surface area contributed by atoms with Gasteiger partial charge in [0.1, 0.15) is 29.0 Å². The monoisotopic (exact) mass is 458 g/mol. The summed E-state index contributed by atoms with van der Waals surface area (Å²) in [4.78, 5) is 27.6. The molecular weight excluding hydrogens is 424 g/mol. The zero-order valence-corrected chi connectivity index (χ0v) is 20.4. The highest BCUT2D eigenvalue weighted by molar-refractivity contribution is 5.88. The number of hydrogen-bond acceptors (Lipinski definition) is 6. The summed E-state index contributed by atoms with van der Waals surface area (Å²) in [6.07, 6.45) is 0. The van der Waals surface area contributed by atoms with Crippen molar-refractivity contribution < 1.29 is 28.5 Å². The van der Waals surface area contributed by atoms with Crippen LogP contribution in [0.1, 0.15) is 33.3 Å². The summed E-state index contributed by atoms with van der Waals surface area (Å²) in [5.74, 6) is 1.60. The Morgan fingerprint density at radius 3 is 2.03 bits per heavy atom. The third-order valence-electron chi connectivity index (χ3n) is 4.84. The van der Waals surface area contributed by atoms with E-state index in [1.54, 1.807) is 32.2 Å². The van der Waals surface area contributed by atoms with Crippen molar-refractivity contribution in [3.05, 3.63) is 48.0 Å². The van der Waals surface area contributed by atoms with E-state index in [1.807, 2.05) is 45.0 Å². The highest BCUT2D eigenvalue weighted by atomic mass is 16.5. The van der Waals surface area contributed by atoms with E-state index in [0.717, 1.165) is 5.56 Å². The Bertz CT molecular complexity index is 932. The Morgan fingerprint density at radius 2 is 1.48 bits per heavy atom. The van der Waals surface area contributed by atoms with Crippen molar-refractivity contribution in [2.75, 3.05) is 27.9 Å². The molecule has 0 saturated heterocycles. The van der Waals surface area contributed by atoms with Gasteiger partial charge in [-0.2, -0.15) is 0 Å². The maximum absolute atomic E-state index is 13.2. The average Bonchev–Trinajstić information content (AvgIpc) is 2.79. The Hall–Kier alpha value is -3.42. The van der Waals surface area contributed by atoms with Crippen LogP contribution in [0.25, 0.3) is 0 Å². The molecular formula is C25H34N2O6. The quantitative estimate of drug-likeness (QED) is 0.587. The van der Waals surface area contributed by atoms with Gasteiger partial charge in [0.05, 0.1) is 21.3 Å². The van der Waals surface area contributed by atoms with E-state index in [-0.39, 0.29) is 25.0 Å². The summed E-state index contributed by atoms with van der Waals surface area (Å²) in [5.41, 5.74) is 0.407. The fourth-order valence-corrected chi connectivity index (χ4v) is 3.12. The summed E-state index contributed by atoms with van der Waals surface area (Å²) >= 11 is 0. The van der Waals surface area contributed by atoms with Gasteiger partial charge in [-0.25, -0.2) is 0 Å². The van der Waals surface area contributed by atoms with Gasteiger partial charge in [0.25, 0.3) is 5.91 Å². The standard InChI is InChI=1S/C25H34N2O6/c1-17(24(29)26-25(2,3)4)27(15-18-9-8-10-19(11-18)30-5)23(28)16-33-22-13-20(31-6)12-21(14-22)32-7/h8-14,17H,15-16H2,1-7H3,(H,26,29). The first-order valence-electron chi connectivity index (χ1n) is 10.7. The summed E-state index contributed by atoms with van der Waals surface area (Å²) < 4.78 is 21.5. The molecule has 0 spiro atoms. The molecule has 0 saturated carbocycles. The molecule has 8 heteroatoms. The fourth-order valence-electron chi connectivity index (χ4n) is 3.12. The smallest absolute Gasteiger partial charge is 0.261 e. The molecule has 1 N–H and O–H groups in total. The molecule has 0 aliphatic heterocycles. The van der Waals surface area contributed by atoms with Crippen LogP contribution in [0.15, 0.2) is 42.5 Å². The molecule has 8 nitrogen and oxygen atoms in total. The minimum atomic E-state index is -0.716. The molecule has 1 unspecified atom stereocenters. The first-order valence-corrected chi connectivity index (χ1v) is 10.7. The van der Waals surface area contributed by atoms with Crippen LogP contribution in [0.4, 0.5) is 0 Å². The van der Waals surface area contributed by atoms with Crippen molar-refractivity contribution in [1.29, 1.82) is 0 Å². The molecule has 0 aliphatic rings. The van der Waals surface area contributed by atoms with Crippen LogP contribution in [0.2, 0.25) is 0 Å². The second-order valence-electron chi connectivity index (χ2n) is 8.63. The van der Waals surface area contributed by atoms with Crippen LogP contribution in [0.5, 0.6) is 23.0 Å². The number of ether oxygens (including phenoxy) is 4. The molecule has 0 bridgehead atoms. The lowest BCUT2D eigenvalue weighted by molar-refractivity contribution is -0.142. The second kappa shape index (κ2) is 11.4. The van der Waals surface area contributed by atoms with E-state index >= 15 is 0 Å². The molecule has 180 valence electrons. The molecule has 2 aromatic rings. The van der Waals surface area contributed by atoms with Crippen LogP contribution in [0.3, 0.4) is 0 Å². The number of nitrogens with zero attached hydrogens (tertiary/aromatic N) is 1. The molecule has 0 heterocycles. The van der Waals surface area contributed by atoms with Crippen molar-refractivity contribution in [2.24, 2.45) is 0 Å². The fraction of sp³-hybridized carbons (Fsp3) is 0.440. The molecule has 0 radical (unpaired) electrons. The van der Waals surface area contributed by atoms with Gasteiger partial charge in [-0.3, -0.25) is 9.59 Å². The maximum atomic E-state index is 13.2. The lowest BCUT2D eigenvalue weighted by atomic mass is 10.1. The number of rotatable bonds is 10. The lowest BCUT2D eigenvalue weighted by Gasteiger charge is -2.31. The van der Waals surface area contributed by atoms with E-state index in [1.165, 1.54) is 19.1 Å². The minimum absolute atomic E-state index is 0.222. The topological polar surface area (TPSA) is 86.3 Å². The molecule has 0 aromatic heterocycles. The zero-order valence-electron chi connectivity index (χ0n) is 20.4. The van der Waals surface area contributed by atoms with Gasteiger partial charge < -0.3 is 29.2 Å². The van der Waals surface area contributed by atoms with Crippen molar-refractivity contribution in [3.63, 3.8) is 0 Å². The molecule has 2 aromatic carbocycles. The second-order valence-corrected chi connectivity index (χ2v) is 8.63. The van der Waals surface area contributed by atoms with Gasteiger partial charge in [0.15, 0.2) is 6.61 Å². The Labute approximate surface area is 195 Å². The van der Waals surface area contributed by atoms with Gasteiger partial charge in [-0.15, -0.1) is 0 Å². The summed E-state index contributed by atoms with van der Waals surface area (Å²) in [6, 6.07) is 11.7. The van der Waals surface area contributed by atoms with Crippen LogP contribution >= 0.6 is 0 Å². The van der Waals surface area contributed by atoms with E-state index in [2.05, 4.69) is 5.32 Å². The Kier molecular flexibility index (Phi) is 8.96. The lowest BCUT2D eigenvalue weighted by Crippen LogP contribution is -2.53. The van der Waals surface area contributed by atoms with E-state index in [4.69, 9.17) is 18.9 Å². The van der Waals surface area contributed by atoms with Gasteiger partial charge in [0, 0.05) is 30.3 Å². The highest BCUT2D eigenvalue weighted by Crippen LogP contribution is 2.27. The first kappa shape index (κ1) is 25.8. The Morgan fingerprint density at radius 1 is 0.909 bits per heavy atom. The summed E-state index contributed by atoms with van der Waals surface area (Å²) in [7, 11) is 4.65. The molecule has 1 atom stereocenters. The normalized spacial score (nSPS) is 11.8. The van der Waals surface area contributed by atoms with Crippen molar-refractivity contribution >= 4 is 11.8 Å². The number of nitrogens with one attached hydrogen (secondary N) is 1. The van der Waals surface area contributed by atoms with E-state index in [9.17, 15) is 9.59 Å². The van der Waals surface area contributed by atoms with Gasteiger partial charge >= 0.3 is 0 Å².